The van der Waals surface area contributed by atoms with Gasteiger partial charge in [0.05, 0.1) is 5.92 Å². The summed E-state index contributed by atoms with van der Waals surface area (Å²) in [5, 5.41) is 2.10. The molecular formula is C30H25NO5. The summed E-state index contributed by atoms with van der Waals surface area (Å²) in [7, 11) is 0. The number of Topliss-reactive ketones (excluding diaryl/α,β-unsaturated/α-hetero) is 1. The molecule has 0 saturated carbocycles. The molecule has 6 heteroatoms. The second-order valence-electron chi connectivity index (χ2n) is 8.79. The van der Waals surface area contributed by atoms with Crippen molar-refractivity contribution in [2.45, 2.75) is 19.4 Å². The number of carbonyl (C=O) groups is 3. The largest absolute Gasteiger partial charge is 0.457 e. The van der Waals surface area contributed by atoms with Gasteiger partial charge < -0.3 is 14.4 Å². The minimum atomic E-state index is -0.922. The molecule has 1 heterocycles. The maximum absolute atomic E-state index is 12.7. The quantitative estimate of drug-likeness (QED) is 0.247. The summed E-state index contributed by atoms with van der Waals surface area (Å²) in [4.78, 5) is 39.5. The average molecular weight is 480 g/mol. The lowest BCUT2D eigenvalue weighted by Crippen LogP contribution is -2.30. The third kappa shape index (κ3) is 4.84. The lowest BCUT2D eigenvalue weighted by atomic mass is 10.1. The summed E-state index contributed by atoms with van der Waals surface area (Å²) >= 11 is 0. The van der Waals surface area contributed by atoms with E-state index < -0.39 is 18.0 Å². The van der Waals surface area contributed by atoms with Crippen molar-refractivity contribution in [3.05, 3.63) is 103 Å². The van der Waals surface area contributed by atoms with Crippen molar-refractivity contribution in [3.63, 3.8) is 0 Å². The van der Waals surface area contributed by atoms with Gasteiger partial charge in [0, 0.05) is 29.6 Å². The Labute approximate surface area is 209 Å². The van der Waals surface area contributed by atoms with Crippen LogP contribution in [-0.4, -0.2) is 30.3 Å². The van der Waals surface area contributed by atoms with E-state index >= 15 is 0 Å². The van der Waals surface area contributed by atoms with E-state index in [1.807, 2.05) is 48.5 Å². The van der Waals surface area contributed by atoms with E-state index in [-0.39, 0.29) is 24.7 Å². The number of benzene rings is 4. The van der Waals surface area contributed by atoms with Crippen LogP contribution in [0.15, 0.2) is 97.1 Å². The van der Waals surface area contributed by atoms with E-state index in [9.17, 15) is 14.4 Å². The van der Waals surface area contributed by atoms with Crippen LogP contribution < -0.4 is 9.64 Å². The fourth-order valence-electron chi connectivity index (χ4n) is 4.38. The Bertz CT molecular complexity index is 1410. The molecule has 1 aliphatic heterocycles. The zero-order chi connectivity index (χ0) is 25.1. The van der Waals surface area contributed by atoms with Gasteiger partial charge in [-0.2, -0.15) is 0 Å². The summed E-state index contributed by atoms with van der Waals surface area (Å²) in [5.41, 5.74) is 1.15. The maximum Gasteiger partial charge on any atom is 0.312 e. The van der Waals surface area contributed by atoms with Crippen LogP contribution in [0.3, 0.4) is 0 Å². The first-order chi connectivity index (χ1) is 17.5. The van der Waals surface area contributed by atoms with Gasteiger partial charge in [-0.3, -0.25) is 14.4 Å². The number of ketones is 1. The highest BCUT2D eigenvalue weighted by atomic mass is 16.5. The smallest absolute Gasteiger partial charge is 0.312 e. The zero-order valence-corrected chi connectivity index (χ0v) is 19.8. The number of fused-ring (bicyclic) bond motifs is 1. The number of hydrogen-bond donors (Lipinski definition) is 0. The van der Waals surface area contributed by atoms with E-state index in [1.54, 1.807) is 60.4 Å². The Morgan fingerprint density at radius 3 is 2.33 bits per heavy atom. The third-order valence-corrected chi connectivity index (χ3v) is 6.30. The SMILES string of the molecule is C[C@@H](OC(=O)[C@H]1CC(=O)N(c2ccc(Oc3cccc4ccccc34)cc2)C1)C(=O)c1ccccc1. The molecule has 0 spiro atoms. The topological polar surface area (TPSA) is 72.9 Å². The average Bonchev–Trinajstić information content (AvgIpc) is 3.31. The number of nitrogens with zero attached hydrogens (tertiary/aromatic N) is 1. The van der Waals surface area contributed by atoms with Crippen LogP contribution in [0.25, 0.3) is 10.8 Å². The van der Waals surface area contributed by atoms with Crippen LogP contribution in [0, 0.1) is 5.92 Å². The molecule has 6 nitrogen and oxygen atoms in total. The molecule has 2 atom stereocenters. The van der Waals surface area contributed by atoms with Crippen LogP contribution in [0.2, 0.25) is 0 Å². The van der Waals surface area contributed by atoms with Gasteiger partial charge in [-0.15, -0.1) is 0 Å². The number of ether oxygens (including phenoxy) is 2. The van der Waals surface area contributed by atoms with Gasteiger partial charge in [-0.25, -0.2) is 0 Å². The molecule has 1 saturated heterocycles. The van der Waals surface area contributed by atoms with Gasteiger partial charge in [0.25, 0.3) is 0 Å². The highest BCUT2D eigenvalue weighted by Crippen LogP contribution is 2.32. The number of carbonyl (C=O) groups excluding carboxylic acids is 3. The summed E-state index contributed by atoms with van der Waals surface area (Å²) in [5.74, 6) is -0.215. The lowest BCUT2D eigenvalue weighted by Gasteiger charge is -2.18. The molecule has 180 valence electrons. The molecule has 1 fully saturated rings. The monoisotopic (exact) mass is 479 g/mol. The predicted octanol–water partition coefficient (Wildman–Crippen LogP) is 5.80. The lowest BCUT2D eigenvalue weighted by molar-refractivity contribution is -0.151. The minimum Gasteiger partial charge on any atom is -0.457 e. The summed E-state index contributed by atoms with van der Waals surface area (Å²) in [6.07, 6.45) is -0.881. The molecule has 0 N–H and O–H groups in total. The highest BCUT2D eigenvalue weighted by molar-refractivity contribution is 6.02. The van der Waals surface area contributed by atoms with Gasteiger partial charge in [0.1, 0.15) is 11.5 Å². The van der Waals surface area contributed by atoms with Crippen molar-refractivity contribution in [3.8, 4) is 11.5 Å². The second kappa shape index (κ2) is 10.0. The van der Waals surface area contributed by atoms with E-state index in [0.717, 1.165) is 16.5 Å². The summed E-state index contributed by atoms with van der Waals surface area (Å²) < 4.78 is 11.5. The van der Waals surface area contributed by atoms with Crippen molar-refractivity contribution >= 4 is 34.1 Å². The molecule has 1 amide bonds. The van der Waals surface area contributed by atoms with Crippen molar-refractivity contribution in [2.24, 2.45) is 5.92 Å². The summed E-state index contributed by atoms with van der Waals surface area (Å²) in [6, 6.07) is 29.8. The number of esters is 1. The zero-order valence-electron chi connectivity index (χ0n) is 19.8. The van der Waals surface area contributed by atoms with Gasteiger partial charge >= 0.3 is 5.97 Å². The van der Waals surface area contributed by atoms with Gasteiger partial charge in [-0.1, -0.05) is 66.7 Å². The highest BCUT2D eigenvalue weighted by Gasteiger charge is 2.37. The third-order valence-electron chi connectivity index (χ3n) is 6.30. The van der Waals surface area contributed by atoms with E-state index in [0.29, 0.717) is 17.0 Å². The first-order valence-corrected chi connectivity index (χ1v) is 11.9. The molecular weight excluding hydrogens is 454 g/mol. The summed E-state index contributed by atoms with van der Waals surface area (Å²) in [6.45, 7) is 1.75. The molecule has 0 aliphatic carbocycles. The number of hydrogen-bond acceptors (Lipinski definition) is 5. The standard InChI is InChI=1S/C30H25NO5/c1-20(29(33)22-9-3-2-4-10-22)35-30(34)23-18-28(32)31(19-23)24-14-16-25(17-15-24)36-27-13-7-11-21-8-5-6-12-26(21)27/h2-17,20,23H,18-19H2,1H3/t20-,23+/m1/s1. The van der Waals surface area contributed by atoms with Gasteiger partial charge in [0.2, 0.25) is 11.7 Å². The second-order valence-corrected chi connectivity index (χ2v) is 8.79. The fourth-order valence-corrected chi connectivity index (χ4v) is 4.38. The molecule has 4 aromatic rings. The van der Waals surface area contributed by atoms with E-state index in [4.69, 9.17) is 9.47 Å². The first kappa shape index (κ1) is 23.3. The molecule has 36 heavy (non-hydrogen) atoms. The van der Waals surface area contributed by atoms with Crippen molar-refractivity contribution in [2.75, 3.05) is 11.4 Å². The Morgan fingerprint density at radius 1 is 0.861 bits per heavy atom. The van der Waals surface area contributed by atoms with E-state index in [2.05, 4.69) is 0 Å². The molecule has 0 radical (unpaired) electrons. The maximum atomic E-state index is 12.7. The number of amides is 1. The van der Waals surface area contributed by atoms with E-state index in [1.165, 1.54) is 0 Å². The van der Waals surface area contributed by atoms with Crippen LogP contribution in [-0.2, 0) is 14.3 Å². The van der Waals surface area contributed by atoms with Crippen LogP contribution in [0.5, 0.6) is 11.5 Å². The molecule has 0 bridgehead atoms. The van der Waals surface area contributed by atoms with Crippen molar-refractivity contribution < 1.29 is 23.9 Å². The van der Waals surface area contributed by atoms with Gasteiger partial charge in [0.15, 0.2) is 6.10 Å². The normalized spacial score (nSPS) is 16.1. The number of rotatable bonds is 7. The Hall–Kier alpha value is -4.45. The Balaban J connectivity index is 1.22. The molecule has 0 unspecified atom stereocenters. The van der Waals surface area contributed by atoms with Crippen LogP contribution >= 0.6 is 0 Å². The Kier molecular flexibility index (Phi) is 6.50. The molecule has 0 aromatic heterocycles. The minimum absolute atomic E-state index is 0.0410. The number of anilines is 1. The molecule has 4 aromatic carbocycles. The van der Waals surface area contributed by atoms with Crippen molar-refractivity contribution in [1.82, 2.24) is 0 Å². The fraction of sp³-hybridized carbons (Fsp3) is 0.167. The Morgan fingerprint density at radius 2 is 1.56 bits per heavy atom. The predicted molar refractivity (Wildman–Crippen MR) is 137 cm³/mol. The first-order valence-electron chi connectivity index (χ1n) is 11.9. The van der Waals surface area contributed by atoms with Crippen LogP contribution in [0.4, 0.5) is 5.69 Å². The van der Waals surface area contributed by atoms with Crippen molar-refractivity contribution in [1.29, 1.82) is 0 Å². The van der Waals surface area contributed by atoms with Gasteiger partial charge in [-0.05, 0) is 42.6 Å². The molecule has 5 rings (SSSR count). The molecule has 1 aliphatic rings. The van der Waals surface area contributed by atoms with Crippen LogP contribution in [0.1, 0.15) is 23.7 Å².